The first-order valence-electron chi connectivity index (χ1n) is 6.79. The molecule has 0 saturated heterocycles. The van der Waals surface area contributed by atoms with E-state index in [1.807, 2.05) is 0 Å². The summed E-state index contributed by atoms with van der Waals surface area (Å²) in [5.41, 5.74) is 12.3. The van der Waals surface area contributed by atoms with Crippen LogP contribution in [0, 0.1) is 5.41 Å². The molecule has 4 N–H and O–H groups in total. The highest BCUT2D eigenvalue weighted by molar-refractivity contribution is 5.38. The predicted molar refractivity (Wildman–Crippen MR) is 75.3 cm³/mol. The van der Waals surface area contributed by atoms with Gasteiger partial charge in [0.15, 0.2) is 5.82 Å². The van der Waals surface area contributed by atoms with E-state index in [9.17, 15) is 0 Å². The highest BCUT2D eigenvalue weighted by Crippen LogP contribution is 2.46. The number of hydrogen-bond acceptors (Lipinski definition) is 5. The largest absolute Gasteiger partial charge is 0.383 e. The number of nitrogens with two attached hydrogens (primary N) is 2. The normalized spacial score (nSPS) is 21.3. The highest BCUT2D eigenvalue weighted by atomic mass is 16.5. The number of nitrogen functional groups attached to an aromatic ring is 1. The van der Waals surface area contributed by atoms with E-state index in [0.717, 1.165) is 31.2 Å². The summed E-state index contributed by atoms with van der Waals surface area (Å²) in [4.78, 5) is 8.85. The Morgan fingerprint density at radius 1 is 1.26 bits per heavy atom. The molecule has 0 radical (unpaired) electrons. The third-order valence-electron chi connectivity index (χ3n) is 4.33. The number of anilines is 1. The molecule has 0 bridgehead atoms. The third kappa shape index (κ3) is 2.72. The zero-order valence-electron chi connectivity index (χ0n) is 12.1. The molecule has 1 saturated carbocycles. The fourth-order valence-electron chi connectivity index (χ4n) is 2.65. The Kier molecular flexibility index (Phi) is 3.78. The first-order chi connectivity index (χ1) is 8.92. The average molecular weight is 264 g/mol. The fraction of sp³-hybridized carbons (Fsp3) is 0.714. The molecule has 0 amide bonds. The number of methoxy groups -OCH3 is 1. The number of hydrogen-bond donors (Lipinski definition) is 2. The molecule has 2 rings (SSSR count). The first-order valence-corrected chi connectivity index (χ1v) is 6.79. The SMILES string of the molecule is COC1(c2ncc(CN)c(N)n2)CCC(C)(C)CC1. The van der Waals surface area contributed by atoms with Gasteiger partial charge in [0.2, 0.25) is 0 Å². The second-order valence-electron chi connectivity index (χ2n) is 6.17. The average Bonchev–Trinajstić information content (AvgIpc) is 2.39. The predicted octanol–water partition coefficient (Wildman–Crippen LogP) is 1.96. The molecule has 0 spiro atoms. The maximum atomic E-state index is 5.92. The molecule has 1 aromatic heterocycles. The van der Waals surface area contributed by atoms with E-state index in [2.05, 4.69) is 23.8 Å². The Morgan fingerprint density at radius 3 is 2.37 bits per heavy atom. The van der Waals surface area contributed by atoms with Crippen molar-refractivity contribution in [3.63, 3.8) is 0 Å². The Bertz CT molecular complexity index is 449. The van der Waals surface area contributed by atoms with Crippen LogP contribution in [0.1, 0.15) is 50.9 Å². The second-order valence-corrected chi connectivity index (χ2v) is 6.17. The Hall–Kier alpha value is -1.20. The van der Waals surface area contributed by atoms with E-state index in [0.29, 0.717) is 23.6 Å². The van der Waals surface area contributed by atoms with E-state index in [-0.39, 0.29) is 0 Å². The Morgan fingerprint density at radius 2 is 1.89 bits per heavy atom. The maximum absolute atomic E-state index is 5.92. The minimum atomic E-state index is -0.392. The maximum Gasteiger partial charge on any atom is 0.162 e. The summed E-state index contributed by atoms with van der Waals surface area (Å²) >= 11 is 0. The monoisotopic (exact) mass is 264 g/mol. The van der Waals surface area contributed by atoms with E-state index in [1.165, 1.54) is 0 Å². The van der Waals surface area contributed by atoms with E-state index >= 15 is 0 Å². The van der Waals surface area contributed by atoms with Crippen molar-refractivity contribution in [2.24, 2.45) is 11.1 Å². The van der Waals surface area contributed by atoms with Crippen LogP contribution < -0.4 is 11.5 Å². The molecule has 1 aliphatic carbocycles. The van der Waals surface area contributed by atoms with Crippen molar-refractivity contribution in [1.29, 1.82) is 0 Å². The molecule has 0 aliphatic heterocycles. The van der Waals surface area contributed by atoms with Crippen molar-refractivity contribution in [1.82, 2.24) is 9.97 Å². The van der Waals surface area contributed by atoms with Crippen LogP contribution in [-0.4, -0.2) is 17.1 Å². The van der Waals surface area contributed by atoms with Gasteiger partial charge in [0, 0.05) is 25.4 Å². The number of ether oxygens (including phenoxy) is 1. The summed E-state index contributed by atoms with van der Waals surface area (Å²) in [5, 5.41) is 0. The fourth-order valence-corrected chi connectivity index (χ4v) is 2.65. The van der Waals surface area contributed by atoms with Gasteiger partial charge in [-0.3, -0.25) is 0 Å². The van der Waals surface area contributed by atoms with Crippen LogP contribution in [0.25, 0.3) is 0 Å². The molecule has 0 aromatic carbocycles. The molecule has 1 aliphatic rings. The molecular formula is C14H24N4O. The molecule has 0 unspecified atom stereocenters. The van der Waals surface area contributed by atoms with E-state index in [1.54, 1.807) is 13.3 Å². The molecule has 1 fully saturated rings. The topological polar surface area (TPSA) is 87.0 Å². The van der Waals surface area contributed by atoms with Crippen LogP contribution in [0.2, 0.25) is 0 Å². The van der Waals surface area contributed by atoms with Gasteiger partial charge in [-0.05, 0) is 31.1 Å². The number of rotatable bonds is 3. The van der Waals surface area contributed by atoms with Gasteiger partial charge in [-0.25, -0.2) is 9.97 Å². The lowest BCUT2D eigenvalue weighted by molar-refractivity contribution is -0.0728. The summed E-state index contributed by atoms with van der Waals surface area (Å²) < 4.78 is 5.77. The standard InChI is InChI=1S/C14H24N4O/c1-13(2)4-6-14(19-3,7-5-13)12-17-9-10(8-15)11(16)18-12/h9H,4-8,15H2,1-3H3,(H2,16,17,18). The quantitative estimate of drug-likeness (QED) is 0.871. The summed E-state index contributed by atoms with van der Waals surface area (Å²) in [6, 6.07) is 0. The van der Waals surface area contributed by atoms with Crippen LogP contribution in [-0.2, 0) is 16.9 Å². The molecule has 5 nitrogen and oxygen atoms in total. The van der Waals surface area contributed by atoms with Crippen molar-refractivity contribution in [3.05, 3.63) is 17.6 Å². The smallest absolute Gasteiger partial charge is 0.162 e. The summed E-state index contributed by atoms with van der Waals surface area (Å²) in [5.74, 6) is 1.16. The molecule has 19 heavy (non-hydrogen) atoms. The van der Waals surface area contributed by atoms with Gasteiger partial charge in [-0.1, -0.05) is 13.8 Å². The van der Waals surface area contributed by atoms with Crippen molar-refractivity contribution in [2.45, 2.75) is 51.7 Å². The molecule has 1 aromatic rings. The van der Waals surface area contributed by atoms with Crippen LogP contribution in [0.15, 0.2) is 6.20 Å². The number of aromatic nitrogens is 2. The van der Waals surface area contributed by atoms with E-state index < -0.39 is 5.60 Å². The zero-order valence-corrected chi connectivity index (χ0v) is 12.1. The third-order valence-corrected chi connectivity index (χ3v) is 4.33. The van der Waals surface area contributed by atoms with Gasteiger partial charge >= 0.3 is 0 Å². The van der Waals surface area contributed by atoms with Gasteiger partial charge in [-0.2, -0.15) is 0 Å². The lowest BCUT2D eigenvalue weighted by atomic mass is 9.70. The van der Waals surface area contributed by atoms with Crippen LogP contribution in [0.3, 0.4) is 0 Å². The summed E-state index contributed by atoms with van der Waals surface area (Å²) in [7, 11) is 1.73. The van der Waals surface area contributed by atoms with Crippen molar-refractivity contribution in [2.75, 3.05) is 12.8 Å². The van der Waals surface area contributed by atoms with Gasteiger partial charge in [-0.15, -0.1) is 0 Å². The van der Waals surface area contributed by atoms with Gasteiger partial charge in [0.25, 0.3) is 0 Å². The second kappa shape index (κ2) is 5.06. The molecule has 106 valence electrons. The van der Waals surface area contributed by atoms with Crippen LogP contribution in [0.4, 0.5) is 5.82 Å². The molecule has 5 heteroatoms. The van der Waals surface area contributed by atoms with Crippen molar-refractivity contribution >= 4 is 5.82 Å². The first kappa shape index (κ1) is 14.2. The lowest BCUT2D eigenvalue weighted by Crippen LogP contribution is -2.38. The van der Waals surface area contributed by atoms with Gasteiger partial charge in [0.05, 0.1) is 0 Å². The molecule has 1 heterocycles. The molecule has 0 atom stereocenters. The molecular weight excluding hydrogens is 240 g/mol. The van der Waals surface area contributed by atoms with Gasteiger partial charge < -0.3 is 16.2 Å². The number of nitrogens with zero attached hydrogens (tertiary/aromatic N) is 2. The lowest BCUT2D eigenvalue weighted by Gasteiger charge is -2.41. The van der Waals surface area contributed by atoms with Gasteiger partial charge in [0.1, 0.15) is 11.4 Å². The van der Waals surface area contributed by atoms with E-state index in [4.69, 9.17) is 16.2 Å². The van der Waals surface area contributed by atoms with Crippen LogP contribution in [0.5, 0.6) is 0 Å². The Labute approximate surface area is 114 Å². The van der Waals surface area contributed by atoms with Crippen molar-refractivity contribution in [3.8, 4) is 0 Å². The Balaban J connectivity index is 2.30. The van der Waals surface area contributed by atoms with Crippen LogP contribution >= 0.6 is 0 Å². The minimum absolute atomic E-state index is 0.360. The summed E-state index contributed by atoms with van der Waals surface area (Å²) in [6.07, 6.45) is 5.78. The summed E-state index contributed by atoms with van der Waals surface area (Å²) in [6.45, 7) is 4.94. The minimum Gasteiger partial charge on any atom is -0.383 e. The highest BCUT2D eigenvalue weighted by Gasteiger charge is 2.42. The zero-order chi connectivity index (χ0) is 14.1. The van der Waals surface area contributed by atoms with Crippen molar-refractivity contribution < 1.29 is 4.74 Å².